The Bertz CT molecular complexity index is 1180. The van der Waals surface area contributed by atoms with Crippen molar-refractivity contribution in [3.8, 4) is 17.3 Å². The van der Waals surface area contributed by atoms with E-state index in [1.165, 1.54) is 0 Å². The van der Waals surface area contributed by atoms with E-state index in [0.29, 0.717) is 33.8 Å². The fourth-order valence-corrected chi connectivity index (χ4v) is 5.08. The van der Waals surface area contributed by atoms with Crippen LogP contribution in [0.25, 0.3) is 11.3 Å². The van der Waals surface area contributed by atoms with Crippen molar-refractivity contribution in [3.63, 3.8) is 0 Å². The first-order chi connectivity index (χ1) is 16.0. The maximum absolute atomic E-state index is 9.17. The number of aromatic nitrogens is 1. The monoisotopic (exact) mass is 481 g/mol. The molecule has 7 heteroatoms. The average Bonchev–Trinajstić information content (AvgIpc) is 3.58. The standard InChI is InChI=1S/C26H25Cl2N3O2/c1-16-13-19(8-7-18(16)14-29)31-11-9-20(10-12-31)32-15-21-25(30-33-26(21)17-5-6-17)24-22(27)3-2-4-23(24)28/h2-4,7-8,13,17,20H,5-6,9-12,15H2,1H3. The number of hydrogen-bond donors (Lipinski definition) is 0. The molecule has 33 heavy (non-hydrogen) atoms. The SMILES string of the molecule is Cc1cc(N2CCC(OCc3c(-c4c(Cl)cccc4Cl)noc3C3CC3)CC2)ccc1C#N. The zero-order valence-electron chi connectivity index (χ0n) is 18.5. The van der Waals surface area contributed by atoms with Gasteiger partial charge < -0.3 is 14.2 Å². The summed E-state index contributed by atoms with van der Waals surface area (Å²) >= 11 is 12.9. The summed E-state index contributed by atoms with van der Waals surface area (Å²) in [6, 6.07) is 13.7. The molecular formula is C26H25Cl2N3O2. The van der Waals surface area contributed by atoms with Crippen LogP contribution in [0.3, 0.4) is 0 Å². The van der Waals surface area contributed by atoms with E-state index < -0.39 is 0 Å². The smallest absolute Gasteiger partial charge is 0.145 e. The molecule has 0 radical (unpaired) electrons. The molecule has 1 saturated heterocycles. The molecule has 0 atom stereocenters. The summed E-state index contributed by atoms with van der Waals surface area (Å²) in [6.07, 6.45) is 4.26. The summed E-state index contributed by atoms with van der Waals surface area (Å²) < 4.78 is 12.1. The molecule has 0 unspecified atom stereocenters. The van der Waals surface area contributed by atoms with E-state index in [2.05, 4.69) is 22.2 Å². The number of piperidine rings is 1. The molecule has 3 aromatic rings. The van der Waals surface area contributed by atoms with Crippen molar-refractivity contribution >= 4 is 28.9 Å². The van der Waals surface area contributed by atoms with Gasteiger partial charge >= 0.3 is 0 Å². The lowest BCUT2D eigenvalue weighted by Gasteiger charge is -2.33. The molecule has 0 amide bonds. The largest absolute Gasteiger partial charge is 0.373 e. The number of halogens is 2. The number of nitriles is 1. The summed E-state index contributed by atoms with van der Waals surface area (Å²) in [4.78, 5) is 2.36. The summed E-state index contributed by atoms with van der Waals surface area (Å²) in [5.41, 5.74) is 5.28. The van der Waals surface area contributed by atoms with Crippen LogP contribution in [0, 0.1) is 18.3 Å². The molecule has 5 rings (SSSR count). The Kier molecular flexibility index (Phi) is 6.34. The van der Waals surface area contributed by atoms with E-state index in [1.807, 2.05) is 37.3 Å². The van der Waals surface area contributed by atoms with Crippen LogP contribution >= 0.6 is 23.2 Å². The molecule has 2 aliphatic rings. The number of benzene rings is 2. The molecular weight excluding hydrogens is 457 g/mol. The number of anilines is 1. The molecule has 0 spiro atoms. The fraction of sp³-hybridized carbons (Fsp3) is 0.385. The van der Waals surface area contributed by atoms with Crippen molar-refractivity contribution in [2.45, 2.75) is 51.2 Å². The van der Waals surface area contributed by atoms with Crippen LogP contribution in [0.5, 0.6) is 0 Å². The normalized spacial score (nSPS) is 16.7. The molecule has 1 aromatic heterocycles. The van der Waals surface area contributed by atoms with Crippen LogP contribution in [-0.4, -0.2) is 24.4 Å². The Balaban J connectivity index is 1.28. The lowest BCUT2D eigenvalue weighted by molar-refractivity contribution is 0.0246. The molecule has 2 fully saturated rings. The summed E-state index contributed by atoms with van der Waals surface area (Å²) in [5.74, 6) is 1.32. The first-order valence-corrected chi connectivity index (χ1v) is 12.1. The van der Waals surface area contributed by atoms with Crippen LogP contribution in [0.15, 0.2) is 40.9 Å². The Labute approximate surface area is 203 Å². The van der Waals surface area contributed by atoms with E-state index >= 15 is 0 Å². The molecule has 2 aromatic carbocycles. The number of nitrogens with zero attached hydrogens (tertiary/aromatic N) is 3. The third kappa shape index (κ3) is 4.61. The predicted molar refractivity (Wildman–Crippen MR) is 130 cm³/mol. The highest BCUT2D eigenvalue weighted by Crippen LogP contribution is 2.46. The van der Waals surface area contributed by atoms with Crippen molar-refractivity contribution in [1.29, 1.82) is 5.26 Å². The topological polar surface area (TPSA) is 62.3 Å². The maximum Gasteiger partial charge on any atom is 0.145 e. The van der Waals surface area contributed by atoms with Crippen molar-refractivity contribution in [2.24, 2.45) is 0 Å². The van der Waals surface area contributed by atoms with E-state index in [-0.39, 0.29) is 6.10 Å². The molecule has 1 aliphatic carbocycles. The minimum Gasteiger partial charge on any atom is -0.373 e. The maximum atomic E-state index is 9.17. The number of hydrogen-bond acceptors (Lipinski definition) is 5. The first-order valence-electron chi connectivity index (χ1n) is 11.3. The molecule has 1 saturated carbocycles. The third-order valence-electron chi connectivity index (χ3n) is 6.57. The van der Waals surface area contributed by atoms with Gasteiger partial charge in [-0.1, -0.05) is 34.4 Å². The Morgan fingerprint density at radius 2 is 1.85 bits per heavy atom. The van der Waals surface area contributed by atoms with Gasteiger partial charge in [0.15, 0.2) is 0 Å². The summed E-state index contributed by atoms with van der Waals surface area (Å²) in [6.45, 7) is 4.25. The van der Waals surface area contributed by atoms with Gasteiger partial charge in [0, 0.05) is 35.8 Å². The molecule has 170 valence electrons. The predicted octanol–water partition coefficient (Wildman–Crippen LogP) is 6.89. The van der Waals surface area contributed by atoms with Crippen LogP contribution in [0.4, 0.5) is 5.69 Å². The highest BCUT2D eigenvalue weighted by molar-refractivity contribution is 6.39. The molecule has 5 nitrogen and oxygen atoms in total. The molecule has 0 N–H and O–H groups in total. The minimum atomic E-state index is 0.164. The highest BCUT2D eigenvalue weighted by atomic mass is 35.5. The zero-order chi connectivity index (χ0) is 22.9. The van der Waals surface area contributed by atoms with Gasteiger partial charge in [0.2, 0.25) is 0 Å². The Morgan fingerprint density at radius 3 is 2.48 bits per heavy atom. The van der Waals surface area contributed by atoms with E-state index in [9.17, 15) is 0 Å². The van der Waals surface area contributed by atoms with Crippen LogP contribution in [0.2, 0.25) is 10.0 Å². The van der Waals surface area contributed by atoms with Gasteiger partial charge in [0.1, 0.15) is 11.5 Å². The first kappa shape index (κ1) is 22.3. The molecule has 1 aliphatic heterocycles. The van der Waals surface area contributed by atoms with Gasteiger partial charge in [-0.3, -0.25) is 0 Å². The van der Waals surface area contributed by atoms with Crippen LogP contribution in [0.1, 0.15) is 54.1 Å². The average molecular weight is 482 g/mol. The zero-order valence-corrected chi connectivity index (χ0v) is 20.0. The minimum absolute atomic E-state index is 0.164. The number of aryl methyl sites for hydroxylation is 1. The van der Waals surface area contributed by atoms with Gasteiger partial charge in [-0.05, 0) is 68.5 Å². The summed E-state index contributed by atoms with van der Waals surface area (Å²) in [5, 5.41) is 14.6. The van der Waals surface area contributed by atoms with Crippen LogP contribution < -0.4 is 4.90 Å². The highest BCUT2D eigenvalue weighted by Gasteiger charge is 2.34. The Hall–Kier alpha value is -2.52. The van der Waals surface area contributed by atoms with Gasteiger partial charge in [-0.25, -0.2) is 0 Å². The lowest BCUT2D eigenvalue weighted by Crippen LogP contribution is -2.37. The van der Waals surface area contributed by atoms with Gasteiger partial charge in [0.05, 0.1) is 34.4 Å². The Morgan fingerprint density at radius 1 is 1.12 bits per heavy atom. The quantitative estimate of drug-likeness (QED) is 0.383. The summed E-state index contributed by atoms with van der Waals surface area (Å²) in [7, 11) is 0. The third-order valence-corrected chi connectivity index (χ3v) is 7.20. The molecule has 0 bridgehead atoms. The van der Waals surface area contributed by atoms with Crippen molar-refractivity contribution in [2.75, 3.05) is 18.0 Å². The lowest BCUT2D eigenvalue weighted by atomic mass is 10.0. The number of rotatable bonds is 6. The fourth-order valence-electron chi connectivity index (χ4n) is 4.50. The van der Waals surface area contributed by atoms with E-state index in [0.717, 1.165) is 66.9 Å². The van der Waals surface area contributed by atoms with Gasteiger partial charge in [-0.2, -0.15) is 5.26 Å². The van der Waals surface area contributed by atoms with E-state index in [4.69, 9.17) is 37.7 Å². The van der Waals surface area contributed by atoms with Gasteiger partial charge in [-0.15, -0.1) is 0 Å². The van der Waals surface area contributed by atoms with Crippen molar-refractivity contribution in [3.05, 3.63) is 68.9 Å². The second-order valence-corrected chi connectivity index (χ2v) is 9.67. The van der Waals surface area contributed by atoms with Crippen LogP contribution in [-0.2, 0) is 11.3 Å². The second kappa shape index (κ2) is 9.38. The van der Waals surface area contributed by atoms with E-state index in [1.54, 1.807) is 0 Å². The number of ether oxygens (including phenoxy) is 1. The van der Waals surface area contributed by atoms with Crippen molar-refractivity contribution in [1.82, 2.24) is 5.16 Å². The second-order valence-electron chi connectivity index (χ2n) is 8.85. The van der Waals surface area contributed by atoms with Gasteiger partial charge in [0.25, 0.3) is 0 Å². The van der Waals surface area contributed by atoms with Crippen molar-refractivity contribution < 1.29 is 9.26 Å². The molecule has 2 heterocycles.